The molecule has 2 heterocycles. The normalized spacial score (nSPS) is 20.6. The lowest BCUT2D eigenvalue weighted by atomic mass is 9.85. The van der Waals surface area contributed by atoms with E-state index in [9.17, 15) is 4.79 Å². The average Bonchev–Trinajstić information content (AvgIpc) is 2.77. The van der Waals surface area contributed by atoms with Gasteiger partial charge in [0.1, 0.15) is 5.69 Å². The number of aryl methyl sites for hydroxylation is 1. The van der Waals surface area contributed by atoms with E-state index in [2.05, 4.69) is 5.10 Å². The molecule has 0 bridgehead atoms. The molecule has 104 valence electrons. The van der Waals surface area contributed by atoms with Crippen molar-refractivity contribution in [3.8, 4) is 0 Å². The van der Waals surface area contributed by atoms with Crippen LogP contribution in [0.25, 0.3) is 0 Å². The summed E-state index contributed by atoms with van der Waals surface area (Å²) in [4.78, 5) is 11.6. The van der Waals surface area contributed by atoms with Crippen molar-refractivity contribution >= 4 is 18.7 Å². The number of hydrogen-bond donors (Lipinski definition) is 0. The van der Waals surface area contributed by atoms with Crippen LogP contribution in [-0.4, -0.2) is 41.2 Å². The van der Waals surface area contributed by atoms with Crippen LogP contribution in [0.2, 0.25) is 0 Å². The first kappa shape index (κ1) is 14.1. The summed E-state index contributed by atoms with van der Waals surface area (Å²) in [6.45, 7) is 7.88. The van der Waals surface area contributed by atoms with Gasteiger partial charge in [-0.2, -0.15) is 5.10 Å². The number of carbonyl (C=O) groups is 1. The van der Waals surface area contributed by atoms with E-state index in [4.69, 9.17) is 14.0 Å². The van der Waals surface area contributed by atoms with Crippen LogP contribution in [0.1, 0.15) is 38.2 Å². The molecule has 1 fully saturated rings. The maximum Gasteiger partial charge on any atom is 0.516 e. The standard InChI is InChI=1S/C12H19BN2O4/c1-11(2)12(3,4)19-13(18-11)9-7-8(10(16)17-6)15(5)14-9/h7H,1-6H3. The third-order valence-electron chi connectivity index (χ3n) is 3.79. The van der Waals surface area contributed by atoms with E-state index < -0.39 is 24.3 Å². The van der Waals surface area contributed by atoms with Crippen LogP contribution in [0, 0.1) is 0 Å². The molecule has 19 heavy (non-hydrogen) atoms. The Hall–Kier alpha value is -1.34. The predicted octanol–water partition coefficient (Wildman–Crippen LogP) is 0.506. The van der Waals surface area contributed by atoms with Gasteiger partial charge in [-0.1, -0.05) is 0 Å². The van der Waals surface area contributed by atoms with Crippen LogP contribution in [0.15, 0.2) is 6.07 Å². The van der Waals surface area contributed by atoms with Crippen LogP contribution < -0.4 is 5.59 Å². The Kier molecular flexibility index (Phi) is 3.22. The summed E-state index contributed by atoms with van der Waals surface area (Å²) in [5.74, 6) is -0.433. The second kappa shape index (κ2) is 4.35. The first-order valence-corrected chi connectivity index (χ1v) is 6.16. The van der Waals surface area contributed by atoms with E-state index in [0.29, 0.717) is 11.3 Å². The first-order valence-electron chi connectivity index (χ1n) is 6.16. The molecule has 0 spiro atoms. The highest BCUT2D eigenvalue weighted by Crippen LogP contribution is 2.36. The number of ether oxygens (including phenoxy) is 1. The zero-order chi connectivity index (χ0) is 14.4. The fourth-order valence-corrected chi connectivity index (χ4v) is 1.86. The van der Waals surface area contributed by atoms with Crippen LogP contribution >= 0.6 is 0 Å². The zero-order valence-corrected chi connectivity index (χ0v) is 12.2. The molecule has 0 unspecified atom stereocenters. The minimum absolute atomic E-state index is 0.368. The van der Waals surface area contributed by atoms with Gasteiger partial charge in [0.2, 0.25) is 0 Å². The largest absolute Gasteiger partial charge is 0.516 e. The summed E-state index contributed by atoms with van der Waals surface area (Å²) in [5, 5.41) is 4.26. The Morgan fingerprint density at radius 3 is 2.32 bits per heavy atom. The molecular formula is C12H19BN2O4. The molecular weight excluding hydrogens is 247 g/mol. The Morgan fingerprint density at radius 1 is 1.32 bits per heavy atom. The van der Waals surface area contributed by atoms with Crippen molar-refractivity contribution in [1.82, 2.24) is 9.78 Å². The van der Waals surface area contributed by atoms with E-state index in [1.807, 2.05) is 27.7 Å². The number of esters is 1. The van der Waals surface area contributed by atoms with Crippen molar-refractivity contribution in [2.45, 2.75) is 38.9 Å². The maximum absolute atomic E-state index is 11.6. The molecule has 6 nitrogen and oxygen atoms in total. The molecule has 0 amide bonds. The molecule has 0 radical (unpaired) electrons. The van der Waals surface area contributed by atoms with E-state index in [1.165, 1.54) is 11.8 Å². The molecule has 0 saturated carbocycles. The zero-order valence-electron chi connectivity index (χ0n) is 12.2. The lowest BCUT2D eigenvalue weighted by Crippen LogP contribution is -2.41. The van der Waals surface area contributed by atoms with Crippen LogP contribution in [0.4, 0.5) is 0 Å². The smallest absolute Gasteiger partial charge is 0.464 e. The third kappa shape index (κ3) is 2.28. The van der Waals surface area contributed by atoms with Gasteiger partial charge in [0.15, 0.2) is 0 Å². The van der Waals surface area contributed by atoms with Crippen LogP contribution in [0.3, 0.4) is 0 Å². The Balaban J connectivity index is 2.28. The minimum Gasteiger partial charge on any atom is -0.464 e. The second-order valence-corrected chi connectivity index (χ2v) is 5.66. The SMILES string of the molecule is COC(=O)c1cc(B2OC(C)(C)C(C)(C)O2)nn1C. The molecule has 1 aliphatic heterocycles. The summed E-state index contributed by atoms with van der Waals surface area (Å²) in [6, 6.07) is 1.63. The monoisotopic (exact) mass is 266 g/mol. The van der Waals surface area contributed by atoms with Crippen molar-refractivity contribution in [2.24, 2.45) is 7.05 Å². The molecule has 1 saturated heterocycles. The summed E-state index contributed by atoms with van der Waals surface area (Å²) >= 11 is 0. The van der Waals surface area contributed by atoms with Gasteiger partial charge in [0, 0.05) is 7.05 Å². The van der Waals surface area contributed by atoms with Crippen molar-refractivity contribution in [2.75, 3.05) is 7.11 Å². The van der Waals surface area contributed by atoms with Crippen LogP contribution in [0.5, 0.6) is 0 Å². The van der Waals surface area contributed by atoms with E-state index in [0.717, 1.165) is 0 Å². The van der Waals surface area contributed by atoms with Gasteiger partial charge in [-0.15, -0.1) is 0 Å². The fraction of sp³-hybridized carbons (Fsp3) is 0.667. The van der Waals surface area contributed by atoms with E-state index in [-0.39, 0.29) is 0 Å². The van der Waals surface area contributed by atoms with Crippen molar-refractivity contribution in [3.63, 3.8) is 0 Å². The molecule has 0 aliphatic carbocycles. The third-order valence-corrected chi connectivity index (χ3v) is 3.79. The summed E-state index contributed by atoms with van der Waals surface area (Å²) in [7, 11) is 2.44. The lowest BCUT2D eigenvalue weighted by Gasteiger charge is -2.32. The topological polar surface area (TPSA) is 62.6 Å². The number of nitrogens with zero attached hydrogens (tertiary/aromatic N) is 2. The van der Waals surface area contributed by atoms with Crippen molar-refractivity contribution in [1.29, 1.82) is 0 Å². The Morgan fingerprint density at radius 2 is 1.84 bits per heavy atom. The molecule has 7 heteroatoms. The number of aromatic nitrogens is 2. The Labute approximate surface area is 113 Å². The van der Waals surface area contributed by atoms with Gasteiger partial charge in [-0.25, -0.2) is 4.79 Å². The number of hydrogen-bond acceptors (Lipinski definition) is 5. The van der Waals surface area contributed by atoms with Gasteiger partial charge in [-0.05, 0) is 33.8 Å². The van der Waals surface area contributed by atoms with Crippen LogP contribution in [-0.2, 0) is 21.1 Å². The molecule has 0 atom stereocenters. The van der Waals surface area contributed by atoms with E-state index in [1.54, 1.807) is 13.1 Å². The molecule has 2 rings (SSSR count). The van der Waals surface area contributed by atoms with Gasteiger partial charge >= 0.3 is 13.1 Å². The fourth-order valence-electron chi connectivity index (χ4n) is 1.86. The second-order valence-electron chi connectivity index (χ2n) is 5.66. The van der Waals surface area contributed by atoms with Gasteiger partial charge < -0.3 is 14.0 Å². The van der Waals surface area contributed by atoms with Crippen molar-refractivity contribution < 1.29 is 18.8 Å². The first-order chi connectivity index (χ1) is 8.68. The quantitative estimate of drug-likeness (QED) is 0.576. The molecule has 0 aromatic carbocycles. The summed E-state index contributed by atoms with van der Waals surface area (Å²) in [6.07, 6.45) is 0. The summed E-state index contributed by atoms with van der Waals surface area (Å²) < 4.78 is 17.9. The van der Waals surface area contributed by atoms with Crippen molar-refractivity contribution in [3.05, 3.63) is 11.8 Å². The number of methoxy groups -OCH3 is 1. The average molecular weight is 266 g/mol. The maximum atomic E-state index is 11.6. The highest BCUT2D eigenvalue weighted by molar-refractivity contribution is 6.61. The predicted molar refractivity (Wildman–Crippen MR) is 70.3 cm³/mol. The highest BCUT2D eigenvalue weighted by Gasteiger charge is 2.52. The molecule has 1 aliphatic rings. The lowest BCUT2D eigenvalue weighted by molar-refractivity contribution is 0.00578. The Bertz CT molecular complexity index is 494. The van der Waals surface area contributed by atoms with E-state index >= 15 is 0 Å². The van der Waals surface area contributed by atoms with Gasteiger partial charge in [0.25, 0.3) is 0 Å². The van der Waals surface area contributed by atoms with Gasteiger partial charge in [0.05, 0.1) is 23.9 Å². The van der Waals surface area contributed by atoms with Gasteiger partial charge in [-0.3, -0.25) is 4.68 Å². The summed E-state index contributed by atoms with van der Waals surface area (Å²) in [5.41, 5.74) is 0.0788. The number of carbonyl (C=O) groups excluding carboxylic acids is 1. The minimum atomic E-state index is -0.574. The number of rotatable bonds is 2. The molecule has 0 N–H and O–H groups in total. The molecule has 1 aromatic rings. The molecule has 1 aromatic heterocycles. The highest BCUT2D eigenvalue weighted by atomic mass is 16.7.